The van der Waals surface area contributed by atoms with E-state index in [4.69, 9.17) is 4.74 Å². The third kappa shape index (κ3) is 6.35. The molecule has 2 heterocycles. The van der Waals surface area contributed by atoms with Crippen molar-refractivity contribution in [2.45, 2.75) is 65.3 Å². The summed E-state index contributed by atoms with van der Waals surface area (Å²) in [6, 6.07) is 7.41. The standard InChI is InChI=1S/C24H31N5O3/c1-3-8-21-22(12-11-20(18(2)30)24(21)31)32-16-6-4-5-10-23-26-27-28-29(23)15-13-19-9-7-14-25-17-19/h7,9,11-12,14,17,31H,3-6,8,10,13,15-16H2,1-2H3. The van der Waals surface area contributed by atoms with Gasteiger partial charge in [0.1, 0.15) is 11.5 Å². The lowest BCUT2D eigenvalue weighted by Gasteiger charge is -2.14. The number of hydrogen-bond donors (Lipinski definition) is 1. The number of benzene rings is 1. The highest BCUT2D eigenvalue weighted by Gasteiger charge is 2.15. The molecule has 0 fully saturated rings. The summed E-state index contributed by atoms with van der Waals surface area (Å²) in [5.41, 5.74) is 2.23. The second-order valence-corrected chi connectivity index (χ2v) is 7.83. The van der Waals surface area contributed by atoms with Crippen molar-refractivity contribution in [2.24, 2.45) is 0 Å². The van der Waals surface area contributed by atoms with Crippen LogP contribution in [0.3, 0.4) is 0 Å². The molecule has 0 unspecified atom stereocenters. The zero-order valence-corrected chi connectivity index (χ0v) is 18.8. The van der Waals surface area contributed by atoms with Crippen LogP contribution in [0.1, 0.15) is 66.8 Å². The third-order valence-corrected chi connectivity index (χ3v) is 5.36. The summed E-state index contributed by atoms with van der Waals surface area (Å²) in [7, 11) is 0. The second-order valence-electron chi connectivity index (χ2n) is 7.83. The highest BCUT2D eigenvalue weighted by atomic mass is 16.5. The average molecular weight is 438 g/mol. The van der Waals surface area contributed by atoms with Gasteiger partial charge >= 0.3 is 0 Å². The number of aromatic nitrogens is 5. The second kappa shape index (κ2) is 11.9. The molecule has 0 saturated heterocycles. The van der Waals surface area contributed by atoms with Crippen LogP contribution in [0.5, 0.6) is 11.5 Å². The molecule has 0 bridgehead atoms. The molecule has 0 radical (unpaired) electrons. The van der Waals surface area contributed by atoms with Crippen molar-refractivity contribution in [3.8, 4) is 11.5 Å². The van der Waals surface area contributed by atoms with Crippen LogP contribution in [0.25, 0.3) is 0 Å². The Hall–Kier alpha value is -3.29. The van der Waals surface area contributed by atoms with Crippen LogP contribution in [0.4, 0.5) is 0 Å². The maximum Gasteiger partial charge on any atom is 0.163 e. The van der Waals surface area contributed by atoms with Gasteiger partial charge in [-0.3, -0.25) is 9.78 Å². The van der Waals surface area contributed by atoms with Gasteiger partial charge < -0.3 is 9.84 Å². The molecule has 0 aliphatic rings. The quantitative estimate of drug-likeness (QED) is 0.319. The van der Waals surface area contributed by atoms with Gasteiger partial charge in [0.15, 0.2) is 11.6 Å². The summed E-state index contributed by atoms with van der Waals surface area (Å²) >= 11 is 0. The molecule has 8 heteroatoms. The van der Waals surface area contributed by atoms with Gasteiger partial charge in [0.25, 0.3) is 0 Å². The van der Waals surface area contributed by atoms with E-state index in [1.807, 2.05) is 23.9 Å². The van der Waals surface area contributed by atoms with Crippen LogP contribution in [0.15, 0.2) is 36.7 Å². The lowest BCUT2D eigenvalue weighted by atomic mass is 10.0. The average Bonchev–Trinajstić information content (AvgIpc) is 3.24. The zero-order chi connectivity index (χ0) is 22.8. The molecule has 1 N–H and O–H groups in total. The molecule has 0 saturated carbocycles. The van der Waals surface area contributed by atoms with E-state index in [0.29, 0.717) is 29.9 Å². The van der Waals surface area contributed by atoms with E-state index in [1.54, 1.807) is 18.3 Å². The number of carbonyl (C=O) groups excluding carboxylic acids is 1. The molecular formula is C24H31N5O3. The number of phenolic OH excluding ortho intramolecular Hbond substituents is 1. The summed E-state index contributed by atoms with van der Waals surface area (Å²) in [6.07, 6.45) is 9.66. The van der Waals surface area contributed by atoms with Crippen LogP contribution in [-0.4, -0.2) is 42.7 Å². The fourth-order valence-corrected chi connectivity index (χ4v) is 3.63. The van der Waals surface area contributed by atoms with E-state index >= 15 is 0 Å². The summed E-state index contributed by atoms with van der Waals surface area (Å²) < 4.78 is 7.79. The fourth-order valence-electron chi connectivity index (χ4n) is 3.63. The predicted octanol–water partition coefficient (Wildman–Crippen LogP) is 3.96. The number of hydrogen-bond acceptors (Lipinski definition) is 7. The SMILES string of the molecule is CCCc1c(OCCCCCc2nnnn2CCc2cccnc2)ccc(C(C)=O)c1O. The Balaban J connectivity index is 1.43. The van der Waals surface area contributed by atoms with Crippen molar-refractivity contribution in [3.63, 3.8) is 0 Å². The van der Waals surface area contributed by atoms with Crippen molar-refractivity contribution in [2.75, 3.05) is 6.61 Å². The van der Waals surface area contributed by atoms with Crippen LogP contribution in [0, 0.1) is 0 Å². The number of Topliss-reactive ketones (excluding diaryl/α,β-unsaturated/α-hetero) is 1. The number of nitrogens with zero attached hydrogens (tertiary/aromatic N) is 5. The van der Waals surface area contributed by atoms with Gasteiger partial charge in [0.05, 0.1) is 12.2 Å². The Labute approximate surface area is 188 Å². The number of tetrazole rings is 1. The van der Waals surface area contributed by atoms with E-state index < -0.39 is 0 Å². The first kappa shape index (κ1) is 23.4. The number of aryl methyl sites for hydroxylation is 3. The number of ether oxygens (including phenoxy) is 1. The van der Waals surface area contributed by atoms with Gasteiger partial charge in [0, 0.05) is 30.9 Å². The molecule has 32 heavy (non-hydrogen) atoms. The molecule has 170 valence electrons. The molecular weight excluding hydrogens is 406 g/mol. The van der Waals surface area contributed by atoms with Crippen molar-refractivity contribution in [1.82, 2.24) is 25.2 Å². The number of rotatable bonds is 13. The Morgan fingerprint density at radius 3 is 2.75 bits per heavy atom. The van der Waals surface area contributed by atoms with Crippen molar-refractivity contribution in [3.05, 3.63) is 59.2 Å². The van der Waals surface area contributed by atoms with E-state index in [2.05, 4.69) is 26.6 Å². The minimum absolute atomic E-state index is 0.0509. The maximum atomic E-state index is 11.7. The summed E-state index contributed by atoms with van der Waals surface area (Å²) in [4.78, 5) is 15.8. The molecule has 0 amide bonds. The van der Waals surface area contributed by atoms with Crippen LogP contribution >= 0.6 is 0 Å². The minimum atomic E-state index is -0.144. The molecule has 3 rings (SSSR count). The lowest BCUT2D eigenvalue weighted by molar-refractivity contribution is 0.101. The predicted molar refractivity (Wildman–Crippen MR) is 121 cm³/mol. The maximum absolute atomic E-state index is 11.7. The number of pyridine rings is 1. The van der Waals surface area contributed by atoms with Crippen LogP contribution in [0.2, 0.25) is 0 Å². The normalized spacial score (nSPS) is 10.9. The summed E-state index contributed by atoms with van der Waals surface area (Å²) in [5, 5.41) is 22.5. The summed E-state index contributed by atoms with van der Waals surface area (Å²) in [6.45, 7) is 4.78. The van der Waals surface area contributed by atoms with E-state index in [9.17, 15) is 9.90 Å². The molecule has 2 aromatic heterocycles. The first-order chi connectivity index (χ1) is 15.6. The third-order valence-electron chi connectivity index (χ3n) is 5.36. The highest BCUT2D eigenvalue weighted by Crippen LogP contribution is 2.33. The lowest BCUT2D eigenvalue weighted by Crippen LogP contribution is -2.09. The van der Waals surface area contributed by atoms with Crippen molar-refractivity contribution in [1.29, 1.82) is 0 Å². The Bertz CT molecular complexity index is 1000. The molecule has 1 aromatic carbocycles. The topological polar surface area (TPSA) is 103 Å². The van der Waals surface area contributed by atoms with Crippen LogP contribution in [-0.2, 0) is 25.8 Å². The highest BCUT2D eigenvalue weighted by molar-refractivity contribution is 5.97. The van der Waals surface area contributed by atoms with Gasteiger partial charge in [-0.25, -0.2) is 4.68 Å². The van der Waals surface area contributed by atoms with Gasteiger partial charge in [-0.05, 0) is 73.2 Å². The molecule has 0 aliphatic heterocycles. The number of aromatic hydroxyl groups is 1. The molecule has 8 nitrogen and oxygen atoms in total. The first-order valence-electron chi connectivity index (χ1n) is 11.2. The Morgan fingerprint density at radius 1 is 1.12 bits per heavy atom. The summed E-state index contributed by atoms with van der Waals surface area (Å²) in [5.74, 6) is 1.46. The molecule has 3 aromatic rings. The molecule has 0 atom stereocenters. The monoisotopic (exact) mass is 437 g/mol. The largest absolute Gasteiger partial charge is 0.507 e. The van der Waals surface area contributed by atoms with Crippen molar-refractivity contribution < 1.29 is 14.6 Å². The first-order valence-corrected chi connectivity index (χ1v) is 11.2. The van der Waals surface area contributed by atoms with E-state index in [1.165, 1.54) is 6.92 Å². The Morgan fingerprint density at radius 2 is 2.00 bits per heavy atom. The number of phenols is 1. The van der Waals surface area contributed by atoms with Crippen molar-refractivity contribution >= 4 is 5.78 Å². The molecule has 0 spiro atoms. The van der Waals surface area contributed by atoms with Crippen LogP contribution < -0.4 is 4.74 Å². The smallest absolute Gasteiger partial charge is 0.163 e. The van der Waals surface area contributed by atoms with E-state index in [-0.39, 0.29) is 11.5 Å². The molecule has 0 aliphatic carbocycles. The number of carbonyl (C=O) groups is 1. The minimum Gasteiger partial charge on any atom is -0.507 e. The van der Waals surface area contributed by atoms with E-state index in [0.717, 1.165) is 56.5 Å². The van der Waals surface area contributed by atoms with Gasteiger partial charge in [-0.2, -0.15) is 0 Å². The Kier molecular flexibility index (Phi) is 8.71. The van der Waals surface area contributed by atoms with Gasteiger partial charge in [0.2, 0.25) is 0 Å². The number of unbranched alkanes of at least 4 members (excludes halogenated alkanes) is 2. The zero-order valence-electron chi connectivity index (χ0n) is 18.8. The fraction of sp³-hybridized carbons (Fsp3) is 0.458. The van der Waals surface area contributed by atoms with Gasteiger partial charge in [-0.1, -0.05) is 19.4 Å². The van der Waals surface area contributed by atoms with Gasteiger partial charge in [-0.15, -0.1) is 5.10 Å². The number of ketones is 1.